The first-order chi connectivity index (χ1) is 9.74. The fourth-order valence-corrected chi connectivity index (χ4v) is 2.07. The van der Waals surface area contributed by atoms with E-state index in [1.54, 1.807) is 7.11 Å². The normalized spacial score (nSPS) is 10.2. The second kappa shape index (κ2) is 9.41. The number of rotatable bonds is 7. The molecule has 0 unspecified atom stereocenters. The second-order valence-corrected chi connectivity index (χ2v) is 4.72. The smallest absolute Gasteiger partial charge is 0.134 e. The van der Waals surface area contributed by atoms with Crippen LogP contribution in [0.1, 0.15) is 37.8 Å². The maximum absolute atomic E-state index is 8.82. The number of ether oxygens (including phenoxy) is 1. The lowest BCUT2D eigenvalue weighted by molar-refractivity contribution is 0.275. The van der Waals surface area contributed by atoms with E-state index in [4.69, 9.17) is 9.84 Å². The van der Waals surface area contributed by atoms with E-state index in [9.17, 15) is 0 Å². The quantitative estimate of drug-likeness (QED) is 0.777. The lowest BCUT2D eigenvalue weighted by Gasteiger charge is -2.20. The molecular weight excluding hydrogens is 250 g/mol. The zero-order valence-corrected chi connectivity index (χ0v) is 12.8. The molecule has 20 heavy (non-hydrogen) atoms. The van der Waals surface area contributed by atoms with E-state index in [0.717, 1.165) is 30.9 Å². The van der Waals surface area contributed by atoms with Crippen LogP contribution in [0.2, 0.25) is 0 Å². The summed E-state index contributed by atoms with van der Waals surface area (Å²) in [6.07, 6.45) is 2.44. The molecule has 1 rings (SSSR count). The van der Waals surface area contributed by atoms with Crippen molar-refractivity contribution in [1.29, 1.82) is 0 Å². The Labute approximate surface area is 122 Å². The SMILES string of the molecule is CCCCN(CC)Cc1ccc(OC)c(C#CCO)c1. The number of aliphatic hydroxyl groups is 1. The van der Waals surface area contributed by atoms with Crippen LogP contribution in [-0.2, 0) is 6.54 Å². The maximum Gasteiger partial charge on any atom is 0.134 e. The molecule has 0 amide bonds. The van der Waals surface area contributed by atoms with Gasteiger partial charge in [-0.25, -0.2) is 0 Å². The molecule has 0 fully saturated rings. The highest BCUT2D eigenvalue weighted by atomic mass is 16.5. The summed E-state index contributed by atoms with van der Waals surface area (Å²) in [6, 6.07) is 6.08. The molecule has 110 valence electrons. The van der Waals surface area contributed by atoms with Gasteiger partial charge in [-0.3, -0.25) is 4.90 Å². The average Bonchev–Trinajstić information content (AvgIpc) is 2.49. The third kappa shape index (κ3) is 5.24. The summed E-state index contributed by atoms with van der Waals surface area (Å²) in [5.74, 6) is 6.38. The molecular formula is C17H25NO2. The Morgan fingerprint density at radius 1 is 1.30 bits per heavy atom. The van der Waals surface area contributed by atoms with Crippen LogP contribution < -0.4 is 4.74 Å². The predicted octanol–water partition coefficient (Wildman–Crippen LogP) is 2.66. The van der Waals surface area contributed by atoms with Gasteiger partial charge < -0.3 is 9.84 Å². The van der Waals surface area contributed by atoms with Gasteiger partial charge in [0.05, 0.1) is 12.7 Å². The lowest BCUT2D eigenvalue weighted by Crippen LogP contribution is -2.23. The minimum atomic E-state index is -0.134. The molecule has 0 aliphatic rings. The minimum absolute atomic E-state index is 0.134. The van der Waals surface area contributed by atoms with Crippen molar-refractivity contribution in [2.75, 3.05) is 26.8 Å². The Morgan fingerprint density at radius 3 is 2.70 bits per heavy atom. The fraction of sp³-hybridized carbons (Fsp3) is 0.529. The van der Waals surface area contributed by atoms with E-state index in [2.05, 4.69) is 42.7 Å². The molecule has 0 bridgehead atoms. The van der Waals surface area contributed by atoms with Gasteiger partial charge >= 0.3 is 0 Å². The maximum atomic E-state index is 8.82. The van der Waals surface area contributed by atoms with Crippen LogP contribution in [0.25, 0.3) is 0 Å². The van der Waals surface area contributed by atoms with E-state index in [1.807, 2.05) is 6.07 Å². The number of benzene rings is 1. The van der Waals surface area contributed by atoms with Crippen molar-refractivity contribution in [2.45, 2.75) is 33.2 Å². The molecule has 0 aliphatic carbocycles. The standard InChI is InChI=1S/C17H25NO2/c1-4-6-11-18(5-2)14-15-9-10-17(20-3)16(13-15)8-7-12-19/h9-10,13,19H,4-6,11-12,14H2,1-3H3. The van der Waals surface area contributed by atoms with Gasteiger partial charge in [0.2, 0.25) is 0 Å². The number of hydrogen-bond acceptors (Lipinski definition) is 3. The van der Waals surface area contributed by atoms with Gasteiger partial charge in [-0.1, -0.05) is 38.2 Å². The fourth-order valence-electron chi connectivity index (χ4n) is 2.07. The van der Waals surface area contributed by atoms with Gasteiger partial charge in [0.15, 0.2) is 0 Å². The largest absolute Gasteiger partial charge is 0.495 e. The van der Waals surface area contributed by atoms with Gasteiger partial charge in [-0.2, -0.15) is 0 Å². The Kier molecular flexibility index (Phi) is 7.79. The van der Waals surface area contributed by atoms with Gasteiger partial charge in [-0.15, -0.1) is 0 Å². The molecule has 0 aliphatic heterocycles. The molecule has 1 aromatic carbocycles. The third-order valence-corrected chi connectivity index (χ3v) is 3.25. The van der Waals surface area contributed by atoms with Crippen molar-refractivity contribution in [3.05, 3.63) is 29.3 Å². The first-order valence-electron chi connectivity index (χ1n) is 7.24. The molecule has 0 spiro atoms. The predicted molar refractivity (Wildman–Crippen MR) is 82.8 cm³/mol. The van der Waals surface area contributed by atoms with Crippen molar-refractivity contribution in [3.8, 4) is 17.6 Å². The van der Waals surface area contributed by atoms with E-state index in [0.29, 0.717) is 0 Å². The molecule has 0 heterocycles. The van der Waals surface area contributed by atoms with Crippen LogP contribution in [0.5, 0.6) is 5.75 Å². The molecule has 1 N–H and O–H groups in total. The summed E-state index contributed by atoms with van der Waals surface area (Å²) in [6.45, 7) is 7.36. The van der Waals surface area contributed by atoms with E-state index < -0.39 is 0 Å². The first-order valence-corrected chi connectivity index (χ1v) is 7.24. The van der Waals surface area contributed by atoms with Crippen LogP contribution >= 0.6 is 0 Å². The second-order valence-electron chi connectivity index (χ2n) is 4.72. The molecule has 0 saturated carbocycles. The summed E-state index contributed by atoms with van der Waals surface area (Å²) >= 11 is 0. The molecule has 0 saturated heterocycles. The summed E-state index contributed by atoms with van der Waals surface area (Å²) in [5, 5.41) is 8.82. The molecule has 1 aromatic rings. The van der Waals surface area contributed by atoms with E-state index in [-0.39, 0.29) is 6.61 Å². The third-order valence-electron chi connectivity index (χ3n) is 3.25. The number of aliphatic hydroxyl groups excluding tert-OH is 1. The minimum Gasteiger partial charge on any atom is -0.495 e. The molecule has 3 nitrogen and oxygen atoms in total. The summed E-state index contributed by atoms with van der Waals surface area (Å²) in [5.41, 5.74) is 2.07. The molecule has 3 heteroatoms. The average molecular weight is 275 g/mol. The van der Waals surface area contributed by atoms with E-state index in [1.165, 1.54) is 18.4 Å². The van der Waals surface area contributed by atoms with Gasteiger partial charge in [-0.05, 0) is 37.2 Å². The molecule has 0 aromatic heterocycles. The number of methoxy groups -OCH3 is 1. The van der Waals surface area contributed by atoms with Crippen LogP contribution in [-0.4, -0.2) is 36.8 Å². The van der Waals surface area contributed by atoms with Crippen molar-refractivity contribution in [2.24, 2.45) is 0 Å². The highest BCUT2D eigenvalue weighted by Gasteiger charge is 2.06. The number of nitrogens with zero attached hydrogens (tertiary/aromatic N) is 1. The van der Waals surface area contributed by atoms with Gasteiger partial charge in [0.25, 0.3) is 0 Å². The lowest BCUT2D eigenvalue weighted by atomic mass is 10.1. The summed E-state index contributed by atoms with van der Waals surface area (Å²) in [7, 11) is 1.64. The Morgan fingerprint density at radius 2 is 2.10 bits per heavy atom. The van der Waals surface area contributed by atoms with Crippen LogP contribution in [0.4, 0.5) is 0 Å². The highest BCUT2D eigenvalue weighted by Crippen LogP contribution is 2.20. The monoisotopic (exact) mass is 275 g/mol. The Bertz CT molecular complexity index is 460. The van der Waals surface area contributed by atoms with Crippen LogP contribution in [0, 0.1) is 11.8 Å². The number of unbranched alkanes of at least 4 members (excludes halogenated alkanes) is 1. The molecule has 0 atom stereocenters. The number of hydrogen-bond donors (Lipinski definition) is 1. The van der Waals surface area contributed by atoms with E-state index >= 15 is 0 Å². The Balaban J connectivity index is 2.84. The van der Waals surface area contributed by atoms with Gasteiger partial charge in [0.1, 0.15) is 12.4 Å². The van der Waals surface area contributed by atoms with Crippen molar-refractivity contribution in [3.63, 3.8) is 0 Å². The van der Waals surface area contributed by atoms with Crippen molar-refractivity contribution in [1.82, 2.24) is 4.90 Å². The first kappa shape index (κ1) is 16.6. The van der Waals surface area contributed by atoms with Crippen molar-refractivity contribution >= 4 is 0 Å². The van der Waals surface area contributed by atoms with Gasteiger partial charge in [0, 0.05) is 6.54 Å². The van der Waals surface area contributed by atoms with Crippen LogP contribution in [0.15, 0.2) is 18.2 Å². The van der Waals surface area contributed by atoms with Crippen molar-refractivity contribution < 1.29 is 9.84 Å². The zero-order chi connectivity index (χ0) is 14.8. The zero-order valence-electron chi connectivity index (χ0n) is 12.8. The molecule has 0 radical (unpaired) electrons. The highest BCUT2D eigenvalue weighted by molar-refractivity contribution is 5.48. The summed E-state index contributed by atoms with van der Waals surface area (Å²) in [4.78, 5) is 2.43. The summed E-state index contributed by atoms with van der Waals surface area (Å²) < 4.78 is 5.30. The Hall–Kier alpha value is -1.50. The van der Waals surface area contributed by atoms with Crippen LogP contribution in [0.3, 0.4) is 0 Å². The topological polar surface area (TPSA) is 32.7 Å².